The van der Waals surface area contributed by atoms with E-state index >= 15 is 0 Å². The summed E-state index contributed by atoms with van der Waals surface area (Å²) >= 11 is 4.57. The van der Waals surface area contributed by atoms with Gasteiger partial charge in [0.05, 0.1) is 12.7 Å². The van der Waals surface area contributed by atoms with Crippen molar-refractivity contribution in [2.75, 3.05) is 12.4 Å². The molecule has 2 N–H and O–H groups in total. The van der Waals surface area contributed by atoms with Crippen LogP contribution in [0.1, 0.15) is 17.3 Å². The minimum absolute atomic E-state index is 0.341. The van der Waals surface area contributed by atoms with Crippen LogP contribution in [0.5, 0.6) is 5.75 Å². The van der Waals surface area contributed by atoms with Gasteiger partial charge in [0.2, 0.25) is 11.0 Å². The van der Waals surface area contributed by atoms with Gasteiger partial charge in [-0.2, -0.15) is 0 Å². The van der Waals surface area contributed by atoms with Crippen molar-refractivity contribution in [2.45, 2.75) is 13.0 Å². The largest absolute Gasteiger partial charge is 0.497 e. The first-order valence-electron chi connectivity index (χ1n) is 8.32. The molecule has 0 saturated carbocycles. The van der Waals surface area contributed by atoms with E-state index in [4.69, 9.17) is 4.74 Å². The predicted octanol–water partition coefficient (Wildman–Crippen LogP) is 3.73. The van der Waals surface area contributed by atoms with Gasteiger partial charge in [-0.25, -0.2) is 0 Å². The number of nitrogens with one attached hydrogen (secondary N) is 2. The lowest BCUT2D eigenvalue weighted by Gasteiger charge is -2.13. The molecule has 2 aromatic carbocycles. The molecule has 9 heteroatoms. The second kappa shape index (κ2) is 8.94. The summed E-state index contributed by atoms with van der Waals surface area (Å²) in [6.07, 6.45) is 0. The zero-order chi connectivity index (χ0) is 20.1. The van der Waals surface area contributed by atoms with Crippen LogP contribution in [0.2, 0.25) is 0 Å². The number of halogens is 1. The third-order valence-corrected chi connectivity index (χ3v) is 5.43. The van der Waals surface area contributed by atoms with Crippen LogP contribution in [0.4, 0.5) is 5.13 Å². The van der Waals surface area contributed by atoms with Crippen LogP contribution >= 0.6 is 27.3 Å². The lowest BCUT2D eigenvalue weighted by atomic mass is 10.2. The van der Waals surface area contributed by atoms with Gasteiger partial charge >= 0.3 is 0 Å². The first-order valence-corrected chi connectivity index (χ1v) is 9.93. The molecule has 2 amide bonds. The van der Waals surface area contributed by atoms with E-state index in [9.17, 15) is 9.59 Å². The van der Waals surface area contributed by atoms with Crippen LogP contribution in [0.3, 0.4) is 0 Å². The topological polar surface area (TPSA) is 93.2 Å². The summed E-state index contributed by atoms with van der Waals surface area (Å²) < 4.78 is 5.79. The minimum atomic E-state index is -0.743. The standard InChI is InChI=1S/C19H17BrN4O3S/c1-11(21-17(26)14-5-3-4-6-15(14)20)16(25)22-19-24-23-18(28-19)12-7-9-13(27-2)10-8-12/h3-11H,1-2H3,(H,21,26)(H,22,24,25)/t11-/m1/s1. The van der Waals surface area contributed by atoms with Gasteiger partial charge in [-0.15, -0.1) is 10.2 Å². The molecule has 1 atom stereocenters. The highest BCUT2D eigenvalue weighted by Gasteiger charge is 2.19. The van der Waals surface area contributed by atoms with E-state index in [0.29, 0.717) is 20.2 Å². The van der Waals surface area contributed by atoms with Gasteiger partial charge < -0.3 is 10.1 Å². The molecule has 0 saturated heterocycles. The molecule has 144 valence electrons. The van der Waals surface area contributed by atoms with Gasteiger partial charge in [0.25, 0.3) is 5.91 Å². The normalized spacial score (nSPS) is 11.5. The summed E-state index contributed by atoms with van der Waals surface area (Å²) in [5.74, 6) is 0.0283. The SMILES string of the molecule is COc1ccc(-c2nnc(NC(=O)[C@@H](C)NC(=O)c3ccccc3Br)s2)cc1. The highest BCUT2D eigenvalue weighted by Crippen LogP contribution is 2.27. The van der Waals surface area contributed by atoms with Gasteiger partial charge in [-0.3, -0.25) is 14.9 Å². The molecule has 0 spiro atoms. The Morgan fingerprint density at radius 2 is 1.82 bits per heavy atom. The predicted molar refractivity (Wildman–Crippen MR) is 112 cm³/mol. The van der Waals surface area contributed by atoms with Crippen molar-refractivity contribution in [2.24, 2.45) is 0 Å². The summed E-state index contributed by atoms with van der Waals surface area (Å²) in [7, 11) is 1.60. The Bertz CT molecular complexity index is 991. The molecule has 0 aliphatic carbocycles. The van der Waals surface area contributed by atoms with Crippen LogP contribution in [-0.4, -0.2) is 35.2 Å². The van der Waals surface area contributed by atoms with E-state index in [-0.39, 0.29) is 11.8 Å². The number of methoxy groups -OCH3 is 1. The molecule has 7 nitrogen and oxygen atoms in total. The Kier molecular flexibility index (Phi) is 6.37. The molecular weight excluding hydrogens is 444 g/mol. The van der Waals surface area contributed by atoms with Crippen molar-refractivity contribution in [1.82, 2.24) is 15.5 Å². The van der Waals surface area contributed by atoms with E-state index in [2.05, 4.69) is 36.8 Å². The van der Waals surface area contributed by atoms with Crippen LogP contribution in [0.15, 0.2) is 53.0 Å². The van der Waals surface area contributed by atoms with E-state index in [1.807, 2.05) is 30.3 Å². The number of aromatic nitrogens is 2. The van der Waals surface area contributed by atoms with Crippen molar-refractivity contribution in [3.05, 3.63) is 58.6 Å². The highest BCUT2D eigenvalue weighted by molar-refractivity contribution is 9.10. The van der Waals surface area contributed by atoms with Gasteiger partial charge in [-0.05, 0) is 59.3 Å². The van der Waals surface area contributed by atoms with Crippen LogP contribution in [0, 0.1) is 0 Å². The molecule has 3 aromatic rings. The molecule has 1 heterocycles. The monoisotopic (exact) mass is 460 g/mol. The molecule has 0 fully saturated rings. The summed E-state index contributed by atoms with van der Waals surface area (Å²) in [6, 6.07) is 13.7. The fourth-order valence-corrected chi connectivity index (χ4v) is 3.54. The summed E-state index contributed by atoms with van der Waals surface area (Å²) in [5, 5.41) is 14.5. The summed E-state index contributed by atoms with van der Waals surface area (Å²) in [5.41, 5.74) is 1.33. The fraction of sp³-hybridized carbons (Fsp3) is 0.158. The van der Waals surface area contributed by atoms with E-state index < -0.39 is 6.04 Å². The number of benzene rings is 2. The first kappa shape index (κ1) is 20.0. The van der Waals surface area contributed by atoms with Gasteiger partial charge in [0.15, 0.2) is 0 Å². The number of nitrogens with zero attached hydrogens (tertiary/aromatic N) is 2. The third kappa shape index (κ3) is 4.73. The smallest absolute Gasteiger partial charge is 0.253 e. The quantitative estimate of drug-likeness (QED) is 0.584. The van der Waals surface area contributed by atoms with Crippen LogP contribution in [-0.2, 0) is 4.79 Å². The molecule has 0 radical (unpaired) electrons. The maximum atomic E-state index is 12.4. The van der Waals surface area contributed by atoms with Gasteiger partial charge in [0.1, 0.15) is 16.8 Å². The Balaban J connectivity index is 1.62. The highest BCUT2D eigenvalue weighted by atomic mass is 79.9. The lowest BCUT2D eigenvalue weighted by molar-refractivity contribution is -0.117. The van der Waals surface area contributed by atoms with Crippen molar-refractivity contribution < 1.29 is 14.3 Å². The van der Waals surface area contributed by atoms with Gasteiger partial charge in [-0.1, -0.05) is 23.5 Å². The first-order chi connectivity index (χ1) is 13.5. The molecule has 0 unspecified atom stereocenters. The van der Waals surface area contributed by atoms with Crippen molar-refractivity contribution in [3.8, 4) is 16.3 Å². The van der Waals surface area contributed by atoms with E-state index in [1.165, 1.54) is 11.3 Å². The fourth-order valence-electron chi connectivity index (χ4n) is 2.32. The molecule has 28 heavy (non-hydrogen) atoms. The second-order valence-electron chi connectivity index (χ2n) is 5.81. The Morgan fingerprint density at radius 1 is 1.11 bits per heavy atom. The van der Waals surface area contributed by atoms with E-state index in [1.54, 1.807) is 32.2 Å². The Labute approximate surface area is 174 Å². The lowest BCUT2D eigenvalue weighted by Crippen LogP contribution is -2.41. The van der Waals surface area contributed by atoms with Crippen molar-refractivity contribution in [1.29, 1.82) is 0 Å². The molecule has 0 aliphatic heterocycles. The number of ether oxygens (including phenoxy) is 1. The van der Waals surface area contributed by atoms with E-state index in [0.717, 1.165) is 11.3 Å². The molecular formula is C19H17BrN4O3S. The second-order valence-corrected chi connectivity index (χ2v) is 7.64. The average molecular weight is 461 g/mol. The number of hydrogen-bond acceptors (Lipinski definition) is 6. The maximum Gasteiger partial charge on any atom is 0.253 e. The van der Waals surface area contributed by atoms with Gasteiger partial charge in [0, 0.05) is 10.0 Å². The third-order valence-electron chi connectivity index (χ3n) is 3.85. The Morgan fingerprint density at radius 3 is 2.50 bits per heavy atom. The maximum absolute atomic E-state index is 12.4. The molecule has 1 aromatic heterocycles. The Hall–Kier alpha value is -2.78. The number of rotatable bonds is 6. The number of amides is 2. The molecule has 3 rings (SSSR count). The molecule has 0 bridgehead atoms. The van der Waals surface area contributed by atoms with Crippen molar-refractivity contribution >= 4 is 44.2 Å². The summed E-state index contributed by atoms with van der Waals surface area (Å²) in [4.78, 5) is 24.7. The number of carbonyl (C=O) groups excluding carboxylic acids is 2. The zero-order valence-corrected chi connectivity index (χ0v) is 17.5. The zero-order valence-electron chi connectivity index (χ0n) is 15.1. The number of hydrogen-bond donors (Lipinski definition) is 2. The minimum Gasteiger partial charge on any atom is -0.497 e. The average Bonchev–Trinajstić information content (AvgIpc) is 3.16. The summed E-state index contributed by atoms with van der Waals surface area (Å²) in [6.45, 7) is 1.61. The molecule has 0 aliphatic rings. The van der Waals surface area contributed by atoms with Crippen molar-refractivity contribution in [3.63, 3.8) is 0 Å². The number of anilines is 1. The van der Waals surface area contributed by atoms with Crippen LogP contribution in [0.25, 0.3) is 10.6 Å². The van der Waals surface area contributed by atoms with Crippen LogP contribution < -0.4 is 15.4 Å². The number of carbonyl (C=O) groups is 2.